The molecule has 3 aromatic carbocycles. The Labute approximate surface area is 202 Å². The van der Waals surface area contributed by atoms with Gasteiger partial charge in [-0.15, -0.1) is 0 Å². The van der Waals surface area contributed by atoms with Crippen molar-refractivity contribution in [2.45, 2.75) is 19.4 Å². The third kappa shape index (κ3) is 4.90. The number of aryl methyl sites for hydroxylation is 1. The number of ether oxygens (including phenoxy) is 3. The van der Waals surface area contributed by atoms with Crippen molar-refractivity contribution in [1.82, 2.24) is 4.90 Å². The summed E-state index contributed by atoms with van der Waals surface area (Å²) in [5.74, 6) is 0.768. The van der Waals surface area contributed by atoms with Gasteiger partial charge in [0.25, 0.3) is 0 Å². The van der Waals surface area contributed by atoms with Gasteiger partial charge >= 0.3 is 5.97 Å². The van der Waals surface area contributed by atoms with Gasteiger partial charge in [0.05, 0.1) is 23.6 Å². The van der Waals surface area contributed by atoms with Crippen molar-refractivity contribution in [2.75, 3.05) is 20.4 Å². The van der Waals surface area contributed by atoms with Crippen molar-refractivity contribution < 1.29 is 23.4 Å². The summed E-state index contributed by atoms with van der Waals surface area (Å²) in [5, 5.41) is 0.433. The van der Waals surface area contributed by atoms with E-state index in [1.165, 1.54) is 18.9 Å². The number of nitrogens with zero attached hydrogens (tertiary/aromatic N) is 1. The zero-order valence-electron chi connectivity index (χ0n) is 19.4. The normalized spacial score (nSPS) is 13.2. The van der Waals surface area contributed by atoms with Crippen molar-refractivity contribution in [1.29, 1.82) is 0 Å². The average Bonchev–Trinajstić information content (AvgIpc) is 2.90. The fraction of sp³-hybridized carbons (Fsp3) is 0.214. The molecule has 0 saturated carbocycles. The molecule has 35 heavy (non-hydrogen) atoms. The summed E-state index contributed by atoms with van der Waals surface area (Å²) < 4.78 is 22.3. The van der Waals surface area contributed by atoms with Gasteiger partial charge < -0.3 is 18.6 Å². The molecule has 0 N–H and O–H groups in total. The van der Waals surface area contributed by atoms with Crippen LogP contribution in [0.4, 0.5) is 0 Å². The lowest BCUT2D eigenvalue weighted by atomic mass is 10.1. The maximum absolute atomic E-state index is 13.1. The lowest BCUT2D eigenvalue weighted by molar-refractivity contribution is 0.0600. The van der Waals surface area contributed by atoms with Crippen LogP contribution in [0.5, 0.6) is 17.2 Å². The number of hydrogen-bond acceptors (Lipinski definition) is 7. The average molecular weight is 472 g/mol. The minimum Gasteiger partial charge on any atom is -0.478 e. The number of hydrogen-bond donors (Lipinski definition) is 0. The fourth-order valence-corrected chi connectivity index (χ4v) is 4.21. The van der Waals surface area contributed by atoms with Gasteiger partial charge in [-0.25, -0.2) is 4.79 Å². The summed E-state index contributed by atoms with van der Waals surface area (Å²) >= 11 is 0. The topological polar surface area (TPSA) is 78.2 Å². The number of fused-ring (bicyclic) bond motifs is 3. The highest BCUT2D eigenvalue weighted by atomic mass is 16.5. The Hall–Kier alpha value is -4.10. The Morgan fingerprint density at radius 3 is 2.60 bits per heavy atom. The molecule has 0 unspecified atom stereocenters. The largest absolute Gasteiger partial charge is 0.478 e. The van der Waals surface area contributed by atoms with Gasteiger partial charge in [0.15, 0.2) is 0 Å². The van der Waals surface area contributed by atoms with Crippen LogP contribution in [0.2, 0.25) is 0 Å². The van der Waals surface area contributed by atoms with Crippen LogP contribution in [-0.4, -0.2) is 31.3 Å². The Kier molecular flexibility index (Phi) is 6.50. The van der Waals surface area contributed by atoms with Crippen LogP contribution in [0.3, 0.4) is 0 Å². The Morgan fingerprint density at radius 1 is 1.03 bits per heavy atom. The molecule has 1 aromatic heterocycles. The van der Waals surface area contributed by atoms with Crippen molar-refractivity contribution in [2.24, 2.45) is 0 Å². The molecule has 0 radical (unpaired) electrons. The second-order valence-electron chi connectivity index (χ2n) is 8.38. The van der Waals surface area contributed by atoms with Crippen molar-refractivity contribution >= 4 is 16.9 Å². The van der Waals surface area contributed by atoms with E-state index in [-0.39, 0.29) is 11.2 Å². The van der Waals surface area contributed by atoms with Gasteiger partial charge in [-0.2, -0.15) is 0 Å². The molecule has 1 aliphatic rings. The zero-order valence-corrected chi connectivity index (χ0v) is 19.4. The lowest BCUT2D eigenvalue weighted by Gasteiger charge is -2.29. The molecule has 5 rings (SSSR count). The predicted molar refractivity (Wildman–Crippen MR) is 131 cm³/mol. The predicted octanol–water partition coefficient (Wildman–Crippen LogP) is 5.16. The molecule has 1 aliphatic heterocycles. The number of carbonyl (C=O) groups is 1. The molecule has 4 aromatic rings. The van der Waals surface area contributed by atoms with Gasteiger partial charge in [-0.05, 0) is 54.8 Å². The molecule has 0 saturated heterocycles. The first kappa shape index (κ1) is 22.7. The van der Waals surface area contributed by atoms with E-state index < -0.39 is 5.97 Å². The first-order chi connectivity index (χ1) is 17.1. The van der Waals surface area contributed by atoms with Crippen LogP contribution in [0, 0.1) is 0 Å². The molecule has 178 valence electrons. The van der Waals surface area contributed by atoms with E-state index in [1.54, 1.807) is 30.3 Å². The molecule has 7 nitrogen and oxygen atoms in total. The Morgan fingerprint density at radius 2 is 1.83 bits per heavy atom. The van der Waals surface area contributed by atoms with E-state index in [4.69, 9.17) is 18.6 Å². The minimum absolute atomic E-state index is 0.0692. The quantitative estimate of drug-likeness (QED) is 0.345. The van der Waals surface area contributed by atoms with Crippen molar-refractivity contribution in [3.63, 3.8) is 0 Å². The first-order valence-corrected chi connectivity index (χ1v) is 11.4. The third-order valence-corrected chi connectivity index (χ3v) is 6.04. The summed E-state index contributed by atoms with van der Waals surface area (Å²) in [5.41, 5.74) is 2.81. The Balaban J connectivity index is 1.32. The number of carbonyl (C=O) groups excluding carboxylic acids is 1. The van der Waals surface area contributed by atoms with E-state index in [9.17, 15) is 9.59 Å². The number of benzene rings is 3. The van der Waals surface area contributed by atoms with Crippen LogP contribution in [0.15, 0.2) is 82.2 Å². The minimum atomic E-state index is -0.442. The molecule has 0 amide bonds. The number of methoxy groups -OCH3 is 1. The molecule has 0 atom stereocenters. The molecule has 7 heteroatoms. The van der Waals surface area contributed by atoms with Gasteiger partial charge in [0, 0.05) is 13.1 Å². The molecule has 0 aliphatic carbocycles. The number of esters is 1. The second-order valence-corrected chi connectivity index (χ2v) is 8.38. The van der Waals surface area contributed by atoms with Crippen LogP contribution in [-0.2, 0) is 17.7 Å². The molecule has 0 fully saturated rings. The standard InChI is InChI=1S/C28H25NO6/c1-32-28(31)20-9-11-21(12-10-20)35-25-17-33-27-22(26(25)30)13-14-24-23(27)16-29(18-34-24)15-5-8-19-6-3-2-4-7-19/h2-4,6-7,9-14,17H,5,8,15-16,18H2,1H3. The molecular formula is C28H25NO6. The highest BCUT2D eigenvalue weighted by molar-refractivity contribution is 5.89. The van der Waals surface area contributed by atoms with Gasteiger partial charge in [-0.3, -0.25) is 9.69 Å². The van der Waals surface area contributed by atoms with Gasteiger partial charge in [0.1, 0.15) is 30.1 Å². The van der Waals surface area contributed by atoms with Crippen LogP contribution in [0.1, 0.15) is 27.9 Å². The van der Waals surface area contributed by atoms with E-state index in [1.807, 2.05) is 12.1 Å². The maximum Gasteiger partial charge on any atom is 0.337 e. The fourth-order valence-electron chi connectivity index (χ4n) is 4.21. The van der Waals surface area contributed by atoms with Gasteiger partial charge in [-0.1, -0.05) is 30.3 Å². The molecule has 0 bridgehead atoms. The highest BCUT2D eigenvalue weighted by Gasteiger charge is 2.23. The van der Waals surface area contributed by atoms with Crippen LogP contribution >= 0.6 is 0 Å². The van der Waals surface area contributed by atoms with E-state index >= 15 is 0 Å². The molecule has 0 spiro atoms. The van der Waals surface area contributed by atoms with Crippen LogP contribution in [0.25, 0.3) is 11.0 Å². The summed E-state index contributed by atoms with van der Waals surface area (Å²) in [6, 6.07) is 20.3. The Bertz CT molecular complexity index is 1400. The number of rotatable bonds is 7. The highest BCUT2D eigenvalue weighted by Crippen LogP contribution is 2.32. The van der Waals surface area contributed by atoms with Crippen molar-refractivity contribution in [3.8, 4) is 17.2 Å². The summed E-state index contributed by atoms with van der Waals surface area (Å²) in [6.45, 7) is 2.01. The second kappa shape index (κ2) is 10.0. The third-order valence-electron chi connectivity index (χ3n) is 6.04. The van der Waals surface area contributed by atoms with E-state index in [2.05, 4.69) is 29.2 Å². The lowest BCUT2D eigenvalue weighted by Crippen LogP contribution is -2.33. The smallest absolute Gasteiger partial charge is 0.337 e. The first-order valence-electron chi connectivity index (χ1n) is 11.4. The summed E-state index contributed by atoms with van der Waals surface area (Å²) in [4.78, 5) is 26.9. The molecule has 2 heterocycles. The van der Waals surface area contributed by atoms with Crippen LogP contribution < -0.4 is 14.9 Å². The zero-order chi connectivity index (χ0) is 24.2. The summed E-state index contributed by atoms with van der Waals surface area (Å²) in [7, 11) is 1.32. The SMILES string of the molecule is COC(=O)c1ccc(Oc2coc3c4c(ccc3c2=O)OCN(CCCc2ccccc2)C4)cc1. The van der Waals surface area contributed by atoms with E-state index in [0.717, 1.165) is 30.7 Å². The monoisotopic (exact) mass is 471 g/mol. The maximum atomic E-state index is 13.1. The van der Waals surface area contributed by atoms with Crippen molar-refractivity contribution in [3.05, 3.63) is 99.9 Å². The summed E-state index contributed by atoms with van der Waals surface area (Å²) in [6.07, 6.45) is 3.33. The van der Waals surface area contributed by atoms with Gasteiger partial charge in [0.2, 0.25) is 11.2 Å². The molecular weight excluding hydrogens is 446 g/mol. The van der Waals surface area contributed by atoms with E-state index in [0.29, 0.717) is 35.6 Å².